The molecule has 0 saturated carbocycles. The zero-order chi connectivity index (χ0) is 13.7. The summed E-state index contributed by atoms with van der Waals surface area (Å²) in [5.41, 5.74) is 0. The van der Waals surface area contributed by atoms with Gasteiger partial charge in [0.15, 0.2) is 0 Å². The highest BCUT2D eigenvalue weighted by Crippen LogP contribution is 2.40. The number of hydrogen-bond donors (Lipinski definition) is 1. The normalized spacial score (nSPS) is 18.9. The minimum atomic E-state index is -0.144. The molecule has 0 radical (unpaired) electrons. The fourth-order valence-corrected chi connectivity index (χ4v) is 3.96. The third-order valence-electron chi connectivity index (χ3n) is 2.70. The van der Waals surface area contributed by atoms with Crippen molar-refractivity contribution >= 4 is 34.9 Å². The fraction of sp³-hybridized carbons (Fsp3) is 0.500. The molecular weight excluding hydrogens is 284 g/mol. The molecule has 1 N–H and O–H groups in total. The summed E-state index contributed by atoms with van der Waals surface area (Å²) in [6.07, 6.45) is 0. The molecule has 1 saturated heterocycles. The topological polar surface area (TPSA) is 58.6 Å². The second kappa shape index (κ2) is 6.93. The maximum absolute atomic E-state index is 11.9. The SMILES string of the molecule is COCCNC(=O)CN1C(=O)CS[C@H]1c1cccs1. The first-order valence-electron chi connectivity index (χ1n) is 5.92. The molecule has 1 atom stereocenters. The molecule has 2 heterocycles. The molecule has 0 unspecified atom stereocenters. The standard InChI is InChI=1S/C12H16N2O3S2/c1-17-5-4-13-10(15)7-14-11(16)8-19-12(14)9-3-2-6-18-9/h2-3,6,12H,4-5,7-8H2,1H3,(H,13,15)/t12-/m0/s1. The summed E-state index contributed by atoms with van der Waals surface area (Å²) < 4.78 is 4.87. The summed E-state index contributed by atoms with van der Waals surface area (Å²) in [7, 11) is 1.58. The minimum Gasteiger partial charge on any atom is -0.383 e. The molecule has 2 rings (SSSR count). The second-order valence-electron chi connectivity index (χ2n) is 4.04. The summed E-state index contributed by atoms with van der Waals surface area (Å²) >= 11 is 3.18. The van der Waals surface area contributed by atoms with Crippen molar-refractivity contribution in [2.45, 2.75) is 5.37 Å². The van der Waals surface area contributed by atoms with Gasteiger partial charge < -0.3 is 15.0 Å². The Balaban J connectivity index is 1.93. The van der Waals surface area contributed by atoms with Gasteiger partial charge in [-0.15, -0.1) is 23.1 Å². The molecule has 7 heteroatoms. The highest BCUT2D eigenvalue weighted by Gasteiger charge is 2.34. The van der Waals surface area contributed by atoms with Gasteiger partial charge in [-0.05, 0) is 11.4 Å². The summed E-state index contributed by atoms with van der Waals surface area (Å²) in [6, 6.07) is 3.96. The van der Waals surface area contributed by atoms with Gasteiger partial charge in [0.1, 0.15) is 11.9 Å². The average Bonchev–Trinajstić information content (AvgIpc) is 3.01. The maximum atomic E-state index is 11.9. The number of thioether (sulfide) groups is 1. The lowest BCUT2D eigenvalue weighted by Crippen LogP contribution is -2.40. The van der Waals surface area contributed by atoms with Crippen LogP contribution >= 0.6 is 23.1 Å². The van der Waals surface area contributed by atoms with Crippen molar-refractivity contribution in [2.75, 3.05) is 32.6 Å². The van der Waals surface area contributed by atoms with Crippen LogP contribution < -0.4 is 5.32 Å². The van der Waals surface area contributed by atoms with Crippen LogP contribution in [0.4, 0.5) is 0 Å². The lowest BCUT2D eigenvalue weighted by molar-refractivity contribution is -0.133. The quantitative estimate of drug-likeness (QED) is 0.799. The van der Waals surface area contributed by atoms with Crippen molar-refractivity contribution in [3.05, 3.63) is 22.4 Å². The molecule has 1 aromatic heterocycles. The maximum Gasteiger partial charge on any atom is 0.239 e. The van der Waals surface area contributed by atoms with Gasteiger partial charge in [-0.1, -0.05) is 6.07 Å². The molecule has 0 bridgehead atoms. The van der Waals surface area contributed by atoms with E-state index in [1.54, 1.807) is 35.1 Å². The number of rotatable bonds is 6. The highest BCUT2D eigenvalue weighted by molar-refractivity contribution is 8.00. The first kappa shape index (κ1) is 14.4. The number of nitrogens with one attached hydrogen (secondary N) is 1. The first-order chi connectivity index (χ1) is 9.22. The van der Waals surface area contributed by atoms with Crippen LogP contribution in [-0.2, 0) is 14.3 Å². The lowest BCUT2D eigenvalue weighted by Gasteiger charge is -2.22. The van der Waals surface area contributed by atoms with E-state index in [1.807, 2.05) is 17.5 Å². The Kier molecular flexibility index (Phi) is 5.24. The molecule has 1 aliphatic rings. The molecule has 1 aliphatic heterocycles. The van der Waals surface area contributed by atoms with Crippen molar-refractivity contribution < 1.29 is 14.3 Å². The summed E-state index contributed by atoms with van der Waals surface area (Å²) in [4.78, 5) is 26.4. The Morgan fingerprint density at radius 3 is 3.16 bits per heavy atom. The van der Waals surface area contributed by atoms with E-state index in [0.29, 0.717) is 18.9 Å². The molecule has 0 aromatic carbocycles. The smallest absolute Gasteiger partial charge is 0.239 e. The Bertz CT molecular complexity index is 436. The number of carbonyl (C=O) groups is 2. The highest BCUT2D eigenvalue weighted by atomic mass is 32.2. The zero-order valence-electron chi connectivity index (χ0n) is 10.6. The summed E-state index contributed by atoms with van der Waals surface area (Å²) in [5, 5.41) is 4.69. The zero-order valence-corrected chi connectivity index (χ0v) is 12.3. The van der Waals surface area contributed by atoms with Crippen LogP contribution in [0, 0.1) is 0 Å². The fourth-order valence-electron chi connectivity index (χ4n) is 1.80. The Hall–Kier alpha value is -1.05. The first-order valence-corrected chi connectivity index (χ1v) is 7.85. The van der Waals surface area contributed by atoms with Crippen LogP contribution in [0.15, 0.2) is 17.5 Å². The van der Waals surface area contributed by atoms with E-state index in [0.717, 1.165) is 4.88 Å². The molecule has 104 valence electrons. The molecule has 1 aromatic rings. The van der Waals surface area contributed by atoms with Crippen LogP contribution in [0.2, 0.25) is 0 Å². The van der Waals surface area contributed by atoms with E-state index in [9.17, 15) is 9.59 Å². The van der Waals surface area contributed by atoms with E-state index < -0.39 is 0 Å². The molecular formula is C12H16N2O3S2. The molecule has 1 fully saturated rings. The molecule has 0 aliphatic carbocycles. The second-order valence-corrected chi connectivity index (χ2v) is 6.09. The molecule has 5 nitrogen and oxygen atoms in total. The van der Waals surface area contributed by atoms with E-state index >= 15 is 0 Å². The van der Waals surface area contributed by atoms with Gasteiger partial charge in [0.05, 0.1) is 12.4 Å². The molecule has 19 heavy (non-hydrogen) atoms. The van der Waals surface area contributed by atoms with Crippen LogP contribution in [-0.4, -0.2) is 49.3 Å². The van der Waals surface area contributed by atoms with Crippen LogP contribution in [0.5, 0.6) is 0 Å². The summed E-state index contributed by atoms with van der Waals surface area (Å²) in [5.74, 6) is 0.313. The van der Waals surface area contributed by atoms with Gasteiger partial charge >= 0.3 is 0 Å². The number of carbonyl (C=O) groups excluding carboxylic acids is 2. The van der Waals surface area contributed by atoms with Gasteiger partial charge in [0, 0.05) is 18.5 Å². The Labute approximate surface area is 120 Å². The van der Waals surface area contributed by atoms with Gasteiger partial charge in [-0.2, -0.15) is 0 Å². The number of ether oxygens (including phenoxy) is 1. The van der Waals surface area contributed by atoms with Crippen LogP contribution in [0.25, 0.3) is 0 Å². The van der Waals surface area contributed by atoms with Crippen molar-refractivity contribution in [3.63, 3.8) is 0 Å². The number of hydrogen-bond acceptors (Lipinski definition) is 5. The third kappa shape index (κ3) is 3.71. The Morgan fingerprint density at radius 1 is 1.63 bits per heavy atom. The largest absolute Gasteiger partial charge is 0.383 e. The number of amides is 2. The monoisotopic (exact) mass is 300 g/mol. The number of methoxy groups -OCH3 is 1. The van der Waals surface area contributed by atoms with Crippen LogP contribution in [0.3, 0.4) is 0 Å². The van der Waals surface area contributed by atoms with Gasteiger partial charge in [-0.3, -0.25) is 9.59 Å². The van der Waals surface area contributed by atoms with Gasteiger partial charge in [-0.25, -0.2) is 0 Å². The van der Waals surface area contributed by atoms with Crippen molar-refractivity contribution in [2.24, 2.45) is 0 Å². The van der Waals surface area contributed by atoms with Crippen molar-refractivity contribution in [1.29, 1.82) is 0 Å². The van der Waals surface area contributed by atoms with Crippen LogP contribution in [0.1, 0.15) is 10.3 Å². The predicted molar refractivity (Wildman–Crippen MR) is 76.1 cm³/mol. The van der Waals surface area contributed by atoms with E-state index in [-0.39, 0.29) is 23.7 Å². The minimum absolute atomic E-state index is 0.0188. The number of thiophene rings is 1. The number of nitrogens with zero attached hydrogens (tertiary/aromatic N) is 1. The van der Waals surface area contributed by atoms with Crippen molar-refractivity contribution in [1.82, 2.24) is 10.2 Å². The molecule has 0 spiro atoms. The van der Waals surface area contributed by atoms with Crippen molar-refractivity contribution in [3.8, 4) is 0 Å². The average molecular weight is 300 g/mol. The third-order valence-corrected chi connectivity index (χ3v) is 5.01. The summed E-state index contributed by atoms with van der Waals surface area (Å²) in [6.45, 7) is 1.05. The van der Waals surface area contributed by atoms with Gasteiger partial charge in [0.2, 0.25) is 11.8 Å². The molecule has 2 amide bonds. The Morgan fingerprint density at radius 2 is 2.47 bits per heavy atom. The predicted octanol–water partition coefficient (Wildman–Crippen LogP) is 1.08. The van der Waals surface area contributed by atoms with E-state index in [2.05, 4.69) is 5.32 Å². The van der Waals surface area contributed by atoms with E-state index in [1.165, 1.54) is 0 Å². The lowest BCUT2D eigenvalue weighted by atomic mass is 10.3. The van der Waals surface area contributed by atoms with Gasteiger partial charge in [0.25, 0.3) is 0 Å². The van der Waals surface area contributed by atoms with E-state index in [4.69, 9.17) is 4.74 Å².